The van der Waals surface area contributed by atoms with E-state index in [1.165, 1.54) is 0 Å². The van der Waals surface area contributed by atoms with E-state index >= 15 is 0 Å². The zero-order valence-electron chi connectivity index (χ0n) is 2.96. The third kappa shape index (κ3) is 19.4. The van der Waals surface area contributed by atoms with Gasteiger partial charge in [-0.2, -0.15) is 0 Å². The summed E-state index contributed by atoms with van der Waals surface area (Å²) < 4.78 is 0. The van der Waals surface area contributed by atoms with Gasteiger partial charge in [0.05, 0.1) is 13.2 Å². The van der Waals surface area contributed by atoms with E-state index in [1.54, 1.807) is 0 Å². The number of aliphatic hydroxyl groups excluding tert-OH is 2. The molecule has 0 heterocycles. The van der Waals surface area contributed by atoms with Gasteiger partial charge in [0.25, 0.3) is 0 Å². The summed E-state index contributed by atoms with van der Waals surface area (Å²) in [7, 11) is 0. The summed E-state index contributed by atoms with van der Waals surface area (Å²) in [4.78, 5) is 0. The molecule has 0 bridgehead atoms. The average Bonchev–Trinajstić information content (AvgIpc) is 1.37. The topological polar surface area (TPSA) is 40.5 Å². The monoisotopic (exact) mass is 316 g/mol. The normalized spacial score (nSPS) is 5.00. The molecule has 0 amide bonds. The Hall–Kier alpha value is 1.11. The van der Waals surface area contributed by atoms with Gasteiger partial charge in [-0.3, -0.25) is 0 Å². The molecule has 0 aromatic heterocycles. The maximum atomic E-state index is 7.62. The van der Waals surface area contributed by atoms with E-state index in [2.05, 4.69) is 0 Å². The molecular weight excluding hydrogens is 310 g/mol. The van der Waals surface area contributed by atoms with Crippen molar-refractivity contribution in [2.75, 3.05) is 13.2 Å². The summed E-state index contributed by atoms with van der Waals surface area (Å²) in [6.07, 6.45) is 0. The van der Waals surface area contributed by atoms with Gasteiger partial charge >= 0.3 is 0 Å². The van der Waals surface area contributed by atoms with E-state index in [1.807, 2.05) is 0 Å². The van der Waals surface area contributed by atoms with E-state index in [9.17, 15) is 0 Å². The molecule has 45 valence electrons. The van der Waals surface area contributed by atoms with E-state index in [0.717, 1.165) is 0 Å². The number of hydrogen-bond donors (Lipinski definition) is 2. The second-order valence-corrected chi connectivity index (χ2v) is 0.447. The minimum atomic E-state index is -0.125. The fraction of sp³-hybridized carbons (Fsp3) is 1.00. The Morgan fingerprint density at radius 3 is 1.17 bits per heavy atom. The first-order valence-electron chi connectivity index (χ1n) is 1.13. The van der Waals surface area contributed by atoms with Gasteiger partial charge in [0.2, 0.25) is 0 Å². The Balaban J connectivity index is -0.0000000450. The first kappa shape index (κ1) is 15.7. The van der Waals surface area contributed by atoms with E-state index in [0.29, 0.717) is 0 Å². The molecular formula is C2H6CoO2Pt. The minimum Gasteiger partial charge on any atom is -0.394 e. The van der Waals surface area contributed by atoms with Crippen LogP contribution < -0.4 is 0 Å². The maximum Gasteiger partial charge on any atom is 0.0662 e. The smallest absolute Gasteiger partial charge is 0.0662 e. The van der Waals surface area contributed by atoms with Gasteiger partial charge in [0.15, 0.2) is 0 Å². The zero-order valence-corrected chi connectivity index (χ0v) is 6.27. The van der Waals surface area contributed by atoms with Gasteiger partial charge in [-0.05, 0) is 0 Å². The van der Waals surface area contributed by atoms with Crippen LogP contribution in [0.25, 0.3) is 0 Å². The third-order valence-corrected chi connectivity index (χ3v) is 0.1000. The van der Waals surface area contributed by atoms with Crippen LogP contribution in [0.4, 0.5) is 0 Å². The summed E-state index contributed by atoms with van der Waals surface area (Å²) >= 11 is 0. The van der Waals surface area contributed by atoms with Crippen LogP contribution >= 0.6 is 0 Å². The molecule has 2 N–H and O–H groups in total. The van der Waals surface area contributed by atoms with Crippen LogP contribution in [0.5, 0.6) is 0 Å². The molecule has 1 radical (unpaired) electrons. The van der Waals surface area contributed by atoms with Gasteiger partial charge in [-0.1, -0.05) is 0 Å². The first-order chi connectivity index (χ1) is 1.91. The molecule has 6 heavy (non-hydrogen) atoms. The van der Waals surface area contributed by atoms with Crippen LogP contribution in [0.3, 0.4) is 0 Å². The Morgan fingerprint density at radius 1 is 1.00 bits per heavy atom. The molecule has 0 spiro atoms. The van der Waals surface area contributed by atoms with E-state index in [4.69, 9.17) is 10.2 Å². The number of hydrogen-bond acceptors (Lipinski definition) is 2. The predicted molar refractivity (Wildman–Crippen MR) is 14.2 cm³/mol. The maximum absolute atomic E-state index is 7.62. The van der Waals surface area contributed by atoms with Crippen molar-refractivity contribution in [1.82, 2.24) is 0 Å². The molecule has 0 aliphatic carbocycles. The fourth-order valence-electron chi connectivity index (χ4n) is 0. The molecule has 0 aromatic rings. The summed E-state index contributed by atoms with van der Waals surface area (Å²) in [6, 6.07) is 0. The van der Waals surface area contributed by atoms with E-state index in [-0.39, 0.29) is 51.1 Å². The van der Waals surface area contributed by atoms with Crippen LogP contribution in [0.1, 0.15) is 0 Å². The summed E-state index contributed by atoms with van der Waals surface area (Å²) in [5.74, 6) is 0. The van der Waals surface area contributed by atoms with Crippen molar-refractivity contribution in [3.63, 3.8) is 0 Å². The van der Waals surface area contributed by atoms with Crippen molar-refractivity contribution in [3.05, 3.63) is 0 Å². The zero-order chi connectivity index (χ0) is 3.41. The van der Waals surface area contributed by atoms with Crippen molar-refractivity contribution >= 4 is 0 Å². The van der Waals surface area contributed by atoms with Crippen molar-refractivity contribution in [3.8, 4) is 0 Å². The van der Waals surface area contributed by atoms with Gasteiger partial charge in [0.1, 0.15) is 0 Å². The standard InChI is InChI=1S/C2H6O2.Co.Pt/c3-1-2-4;;/h3-4H,1-2H2;;. The second kappa shape index (κ2) is 16.5. The third-order valence-electron chi connectivity index (χ3n) is 0.1000. The van der Waals surface area contributed by atoms with Crippen LogP contribution in [-0.2, 0) is 37.8 Å². The Morgan fingerprint density at radius 2 is 1.17 bits per heavy atom. The second-order valence-electron chi connectivity index (χ2n) is 0.447. The molecule has 4 heteroatoms. The average molecular weight is 316 g/mol. The fourth-order valence-corrected chi connectivity index (χ4v) is 0. The number of aliphatic hydroxyl groups is 2. The molecule has 0 saturated carbocycles. The molecule has 0 unspecified atom stereocenters. The molecule has 0 aliphatic rings. The van der Waals surface area contributed by atoms with Crippen molar-refractivity contribution in [1.29, 1.82) is 0 Å². The first-order valence-corrected chi connectivity index (χ1v) is 1.13. The molecule has 0 atom stereocenters. The van der Waals surface area contributed by atoms with Gasteiger partial charge in [0, 0.05) is 37.8 Å². The summed E-state index contributed by atoms with van der Waals surface area (Å²) in [6.45, 7) is -0.250. The SMILES string of the molecule is OCCO.[Co].[Pt]. The molecule has 0 aromatic carbocycles. The van der Waals surface area contributed by atoms with Crippen molar-refractivity contribution < 1.29 is 48.1 Å². The largest absolute Gasteiger partial charge is 0.394 e. The minimum absolute atomic E-state index is 0. The Labute approximate surface area is 61.4 Å². The van der Waals surface area contributed by atoms with E-state index < -0.39 is 0 Å². The van der Waals surface area contributed by atoms with Crippen LogP contribution in [0.15, 0.2) is 0 Å². The molecule has 2 nitrogen and oxygen atoms in total. The van der Waals surface area contributed by atoms with Gasteiger partial charge in [-0.15, -0.1) is 0 Å². The molecule has 0 saturated heterocycles. The molecule has 0 fully saturated rings. The summed E-state index contributed by atoms with van der Waals surface area (Å²) in [5.41, 5.74) is 0. The molecule has 0 rings (SSSR count). The summed E-state index contributed by atoms with van der Waals surface area (Å²) in [5, 5.41) is 15.2. The Kier molecular flexibility index (Phi) is 43.2. The quantitative estimate of drug-likeness (QED) is 0.649. The van der Waals surface area contributed by atoms with Crippen LogP contribution in [0.2, 0.25) is 0 Å². The van der Waals surface area contributed by atoms with Gasteiger partial charge < -0.3 is 10.2 Å². The number of rotatable bonds is 1. The Bertz CT molecular complexity index is 13.5. The van der Waals surface area contributed by atoms with Crippen molar-refractivity contribution in [2.45, 2.75) is 0 Å². The van der Waals surface area contributed by atoms with Crippen LogP contribution in [0, 0.1) is 0 Å². The van der Waals surface area contributed by atoms with Crippen molar-refractivity contribution in [2.24, 2.45) is 0 Å². The van der Waals surface area contributed by atoms with Crippen LogP contribution in [-0.4, -0.2) is 23.4 Å². The predicted octanol–water partition coefficient (Wildman–Crippen LogP) is -1.03. The molecule has 0 aliphatic heterocycles. The van der Waals surface area contributed by atoms with Gasteiger partial charge in [-0.25, -0.2) is 0 Å².